The van der Waals surface area contributed by atoms with Crippen LogP contribution in [-0.2, 0) is 0 Å². The Balaban J connectivity index is 1.46. The summed E-state index contributed by atoms with van der Waals surface area (Å²) in [5.74, 6) is 0.822. The second-order valence-electron chi connectivity index (χ2n) is 10.6. The van der Waals surface area contributed by atoms with Crippen LogP contribution in [0, 0.1) is 17.2 Å². The van der Waals surface area contributed by atoms with Crippen LogP contribution >= 0.6 is 0 Å². The fourth-order valence-corrected chi connectivity index (χ4v) is 5.11. The van der Waals surface area contributed by atoms with Gasteiger partial charge >= 0.3 is 6.03 Å². The van der Waals surface area contributed by atoms with Crippen LogP contribution in [-0.4, -0.2) is 80.1 Å². The van der Waals surface area contributed by atoms with E-state index in [4.69, 9.17) is 5.26 Å². The van der Waals surface area contributed by atoms with Gasteiger partial charge in [-0.2, -0.15) is 5.26 Å². The number of nitriles is 1. The summed E-state index contributed by atoms with van der Waals surface area (Å²) in [4.78, 5) is 34.7. The number of nitrogens with zero attached hydrogens (tertiary/aromatic N) is 4. The molecule has 1 aromatic carbocycles. The van der Waals surface area contributed by atoms with Crippen LogP contribution < -0.4 is 15.5 Å². The fourth-order valence-electron chi connectivity index (χ4n) is 5.11. The molecule has 3 N–H and O–H groups in total. The molecular formula is C28H39N7O2. The van der Waals surface area contributed by atoms with E-state index in [1.807, 2.05) is 25.1 Å². The molecule has 9 heteroatoms. The first-order chi connectivity index (χ1) is 17.8. The number of H-pyrrole nitrogens is 1. The first kappa shape index (κ1) is 26.6. The van der Waals surface area contributed by atoms with Crippen molar-refractivity contribution in [1.29, 1.82) is 5.26 Å². The lowest BCUT2D eigenvalue weighted by molar-refractivity contribution is 0.102. The van der Waals surface area contributed by atoms with Crippen molar-refractivity contribution in [2.24, 2.45) is 5.92 Å². The van der Waals surface area contributed by atoms with Crippen LogP contribution in [0.2, 0.25) is 0 Å². The molecule has 2 aliphatic heterocycles. The molecule has 1 aromatic heterocycles. The number of aromatic nitrogens is 1. The van der Waals surface area contributed by atoms with Crippen molar-refractivity contribution in [3.63, 3.8) is 0 Å². The molecule has 2 aliphatic rings. The predicted octanol–water partition coefficient (Wildman–Crippen LogP) is 3.83. The largest absolute Gasteiger partial charge is 0.370 e. The Kier molecular flexibility index (Phi) is 8.72. The molecule has 2 fully saturated rings. The molecule has 0 aliphatic carbocycles. The smallest absolute Gasteiger partial charge is 0.317 e. The lowest BCUT2D eigenvalue weighted by atomic mass is 9.88. The van der Waals surface area contributed by atoms with E-state index in [-0.39, 0.29) is 11.9 Å². The van der Waals surface area contributed by atoms with E-state index in [0.29, 0.717) is 29.6 Å². The van der Waals surface area contributed by atoms with Crippen molar-refractivity contribution in [2.75, 3.05) is 63.6 Å². The minimum atomic E-state index is -0.255. The van der Waals surface area contributed by atoms with E-state index in [1.54, 1.807) is 12.3 Å². The van der Waals surface area contributed by atoms with Crippen molar-refractivity contribution in [1.82, 2.24) is 20.1 Å². The maximum Gasteiger partial charge on any atom is 0.317 e. The highest BCUT2D eigenvalue weighted by Gasteiger charge is 2.26. The second-order valence-corrected chi connectivity index (χ2v) is 10.6. The van der Waals surface area contributed by atoms with E-state index in [0.717, 1.165) is 69.8 Å². The van der Waals surface area contributed by atoms with Crippen molar-refractivity contribution in [3.05, 3.63) is 47.3 Å². The fraction of sp³-hybridized carbons (Fsp3) is 0.536. The maximum atomic E-state index is 12.9. The van der Waals surface area contributed by atoms with Crippen LogP contribution in [0.25, 0.3) is 0 Å². The topological polar surface area (TPSA) is 108 Å². The van der Waals surface area contributed by atoms with Gasteiger partial charge in [-0.1, -0.05) is 13.0 Å². The summed E-state index contributed by atoms with van der Waals surface area (Å²) in [5.41, 5.74) is 3.90. The molecule has 198 valence electrons. The number of amides is 3. The summed E-state index contributed by atoms with van der Waals surface area (Å²) in [7, 11) is 4.00. The van der Waals surface area contributed by atoms with Crippen molar-refractivity contribution in [3.8, 4) is 6.07 Å². The third-order valence-corrected chi connectivity index (χ3v) is 7.54. The Morgan fingerprint density at radius 3 is 2.49 bits per heavy atom. The van der Waals surface area contributed by atoms with Crippen molar-refractivity contribution >= 4 is 23.3 Å². The molecule has 2 saturated heterocycles. The number of hydrogen-bond acceptors (Lipinski definition) is 5. The third kappa shape index (κ3) is 6.83. The van der Waals surface area contributed by atoms with Gasteiger partial charge in [0.25, 0.3) is 5.91 Å². The highest BCUT2D eigenvalue weighted by molar-refractivity contribution is 6.05. The summed E-state index contributed by atoms with van der Waals surface area (Å²) in [5, 5.41) is 15.2. The highest BCUT2D eigenvalue weighted by Crippen LogP contribution is 2.36. The molecule has 0 saturated carbocycles. The molecule has 3 heterocycles. The Morgan fingerprint density at radius 2 is 1.84 bits per heavy atom. The standard InChI is InChI=1S/C28H39N7O2/c1-20-6-11-34(12-7-20)26-17-23(4-5-24(26)32-27(36)25-16-21(18-29)19-31-25)22-8-13-35(14-9-22)28(37)30-10-15-33(2)3/h4-5,16-17,19-20,22,31H,6-15H2,1-3H3,(H,30,37)(H,32,36). The van der Waals surface area contributed by atoms with Gasteiger partial charge in [0, 0.05) is 45.5 Å². The minimum absolute atomic E-state index is 0.0189. The van der Waals surface area contributed by atoms with E-state index in [1.165, 1.54) is 5.56 Å². The first-order valence-corrected chi connectivity index (χ1v) is 13.3. The summed E-state index contributed by atoms with van der Waals surface area (Å²) < 4.78 is 0. The molecule has 0 bridgehead atoms. The number of rotatable bonds is 7. The molecule has 2 aromatic rings. The zero-order chi connectivity index (χ0) is 26.4. The van der Waals surface area contributed by atoms with Crippen molar-refractivity contribution < 1.29 is 9.59 Å². The van der Waals surface area contributed by atoms with Gasteiger partial charge in [-0.05, 0) is 75.4 Å². The number of nitrogens with one attached hydrogen (secondary N) is 3. The number of carbonyl (C=O) groups is 2. The molecule has 0 spiro atoms. The van der Waals surface area contributed by atoms with Gasteiger partial charge in [-0.15, -0.1) is 0 Å². The van der Waals surface area contributed by atoms with E-state index in [2.05, 4.69) is 50.5 Å². The van der Waals surface area contributed by atoms with Gasteiger partial charge in [0.05, 0.1) is 16.9 Å². The lowest BCUT2D eigenvalue weighted by Gasteiger charge is -2.35. The van der Waals surface area contributed by atoms with Crippen LogP contribution in [0.15, 0.2) is 30.5 Å². The summed E-state index contributed by atoms with van der Waals surface area (Å²) in [6.45, 7) is 7.16. The van der Waals surface area contributed by atoms with Gasteiger partial charge in [0.2, 0.25) is 0 Å². The molecule has 0 atom stereocenters. The predicted molar refractivity (Wildman–Crippen MR) is 146 cm³/mol. The van der Waals surface area contributed by atoms with Gasteiger partial charge in [0.1, 0.15) is 11.8 Å². The Hall–Kier alpha value is -3.51. The van der Waals surface area contributed by atoms with Crippen molar-refractivity contribution in [2.45, 2.75) is 38.5 Å². The number of urea groups is 1. The molecule has 0 unspecified atom stereocenters. The van der Waals surface area contributed by atoms with Gasteiger partial charge < -0.3 is 30.3 Å². The molecule has 0 radical (unpaired) electrons. The monoisotopic (exact) mass is 505 g/mol. The van der Waals surface area contributed by atoms with Gasteiger partial charge in [-0.3, -0.25) is 4.79 Å². The molecule has 4 rings (SSSR count). The average Bonchev–Trinajstić information content (AvgIpc) is 3.39. The summed E-state index contributed by atoms with van der Waals surface area (Å²) in [6.07, 6.45) is 5.63. The quantitative estimate of drug-likeness (QED) is 0.530. The maximum absolute atomic E-state index is 12.9. The minimum Gasteiger partial charge on any atom is -0.370 e. The summed E-state index contributed by atoms with van der Waals surface area (Å²) in [6, 6.07) is 9.99. The third-order valence-electron chi connectivity index (χ3n) is 7.54. The number of likely N-dealkylation sites (tertiary alicyclic amines) is 1. The van der Waals surface area contributed by atoms with Crippen LogP contribution in [0.4, 0.5) is 16.2 Å². The zero-order valence-electron chi connectivity index (χ0n) is 22.2. The second kappa shape index (κ2) is 12.2. The van der Waals surface area contributed by atoms with Crippen LogP contribution in [0.3, 0.4) is 0 Å². The molecule has 3 amide bonds. The van der Waals surface area contributed by atoms with E-state index >= 15 is 0 Å². The number of anilines is 2. The SMILES string of the molecule is CC1CCN(c2cc(C3CCN(C(=O)NCCN(C)C)CC3)ccc2NC(=O)c2cc(C#N)c[nH]2)CC1. The Bertz CT molecular complexity index is 1120. The van der Waals surface area contributed by atoms with Gasteiger partial charge in [-0.25, -0.2) is 4.79 Å². The Morgan fingerprint density at radius 1 is 1.11 bits per heavy atom. The molecular weight excluding hydrogens is 466 g/mol. The zero-order valence-corrected chi connectivity index (χ0v) is 22.2. The Labute approximate surface area is 219 Å². The first-order valence-electron chi connectivity index (χ1n) is 13.3. The normalized spacial score (nSPS) is 17.1. The van der Waals surface area contributed by atoms with Gasteiger partial charge in [0.15, 0.2) is 0 Å². The molecule has 37 heavy (non-hydrogen) atoms. The number of carbonyl (C=O) groups excluding carboxylic acids is 2. The van der Waals surface area contributed by atoms with E-state index < -0.39 is 0 Å². The highest BCUT2D eigenvalue weighted by atomic mass is 16.2. The number of aromatic amines is 1. The number of benzene rings is 1. The average molecular weight is 506 g/mol. The number of likely N-dealkylation sites (N-methyl/N-ethyl adjacent to an activating group) is 1. The number of piperidine rings is 2. The molecule has 9 nitrogen and oxygen atoms in total. The van der Waals surface area contributed by atoms with Crippen LogP contribution in [0.1, 0.15) is 60.1 Å². The number of hydrogen-bond donors (Lipinski definition) is 3. The lowest BCUT2D eigenvalue weighted by Crippen LogP contribution is -2.45. The van der Waals surface area contributed by atoms with E-state index in [9.17, 15) is 9.59 Å². The van der Waals surface area contributed by atoms with Crippen LogP contribution in [0.5, 0.6) is 0 Å². The summed E-state index contributed by atoms with van der Waals surface area (Å²) >= 11 is 0.